The van der Waals surface area contributed by atoms with Crippen molar-refractivity contribution in [3.63, 3.8) is 0 Å². The summed E-state index contributed by atoms with van der Waals surface area (Å²) >= 11 is 0. The van der Waals surface area contributed by atoms with Gasteiger partial charge in [0.25, 0.3) is 0 Å². The van der Waals surface area contributed by atoms with Crippen LogP contribution in [0.2, 0.25) is 0 Å². The molecule has 2 heteroatoms. The van der Waals surface area contributed by atoms with Crippen LogP contribution in [0.3, 0.4) is 0 Å². The maximum atomic E-state index is 5.23. The topological polar surface area (TPSA) is 12.5 Å². The first kappa shape index (κ1) is 8.52. The highest BCUT2D eigenvalue weighted by molar-refractivity contribution is 4.86. The molecule has 0 aliphatic carbocycles. The molecule has 2 nitrogen and oxygen atoms in total. The number of piperidine rings is 1. The number of hydrogen-bond acceptors (Lipinski definition) is 2. The van der Waals surface area contributed by atoms with Crippen molar-refractivity contribution in [3.8, 4) is 0 Å². The predicted octanol–water partition coefficient (Wildman–Crippen LogP) is 1.51. The minimum atomic E-state index is 0.739. The third-order valence-electron chi connectivity index (χ3n) is 3.51. The van der Waals surface area contributed by atoms with Crippen molar-refractivity contribution in [2.75, 3.05) is 19.8 Å². The van der Waals surface area contributed by atoms with Crippen LogP contribution < -0.4 is 0 Å². The van der Waals surface area contributed by atoms with Crippen molar-refractivity contribution in [1.29, 1.82) is 0 Å². The van der Waals surface area contributed by atoms with Crippen molar-refractivity contribution in [2.45, 2.75) is 38.8 Å². The van der Waals surface area contributed by atoms with E-state index < -0.39 is 0 Å². The van der Waals surface area contributed by atoms with Gasteiger partial charge in [-0.2, -0.15) is 0 Å². The molecule has 0 amide bonds. The van der Waals surface area contributed by atoms with Crippen molar-refractivity contribution >= 4 is 0 Å². The number of ether oxygens (including phenoxy) is 1. The second-order valence-electron chi connectivity index (χ2n) is 4.29. The Hall–Kier alpha value is -0.0800. The van der Waals surface area contributed by atoms with Gasteiger partial charge in [0.15, 0.2) is 0 Å². The lowest BCUT2D eigenvalue weighted by atomic mass is 9.90. The van der Waals surface area contributed by atoms with Gasteiger partial charge in [-0.1, -0.05) is 6.92 Å². The largest absolute Gasteiger partial charge is 0.378 e. The lowest BCUT2D eigenvalue weighted by Gasteiger charge is -2.46. The number of nitrogens with zero attached hydrogens (tertiary/aromatic N) is 1. The maximum absolute atomic E-state index is 5.23. The molecule has 2 saturated heterocycles. The molecule has 0 aromatic heterocycles. The highest BCUT2D eigenvalue weighted by atomic mass is 16.5. The van der Waals surface area contributed by atoms with Crippen LogP contribution in [0.5, 0.6) is 0 Å². The molecule has 0 aromatic rings. The summed E-state index contributed by atoms with van der Waals surface area (Å²) in [5, 5.41) is 0. The Kier molecular flexibility index (Phi) is 2.37. The monoisotopic (exact) mass is 169 g/mol. The van der Waals surface area contributed by atoms with Gasteiger partial charge in [0.05, 0.1) is 19.3 Å². The van der Waals surface area contributed by atoms with Crippen molar-refractivity contribution in [1.82, 2.24) is 4.90 Å². The van der Waals surface area contributed by atoms with Gasteiger partial charge in [0.2, 0.25) is 0 Å². The third kappa shape index (κ3) is 1.38. The van der Waals surface area contributed by atoms with Gasteiger partial charge in [0.1, 0.15) is 0 Å². The molecule has 0 radical (unpaired) electrons. The van der Waals surface area contributed by atoms with E-state index in [1.807, 2.05) is 0 Å². The van der Waals surface area contributed by atoms with E-state index in [0.717, 1.165) is 31.2 Å². The van der Waals surface area contributed by atoms with Gasteiger partial charge in [0, 0.05) is 6.04 Å². The van der Waals surface area contributed by atoms with Crippen LogP contribution in [0, 0.1) is 5.92 Å². The average Bonchev–Trinajstić information content (AvgIpc) is 1.95. The summed E-state index contributed by atoms with van der Waals surface area (Å²) in [6.45, 7) is 7.96. The molecule has 0 bridgehead atoms. The summed E-state index contributed by atoms with van der Waals surface area (Å²) in [6.07, 6.45) is 2.78. The zero-order valence-corrected chi connectivity index (χ0v) is 8.12. The molecule has 0 aromatic carbocycles. The smallest absolute Gasteiger partial charge is 0.0645 e. The zero-order valence-electron chi connectivity index (χ0n) is 8.12. The van der Waals surface area contributed by atoms with Crippen molar-refractivity contribution in [3.05, 3.63) is 0 Å². The van der Waals surface area contributed by atoms with Gasteiger partial charge >= 0.3 is 0 Å². The summed E-state index contributed by atoms with van der Waals surface area (Å²) in [5.41, 5.74) is 0. The van der Waals surface area contributed by atoms with E-state index >= 15 is 0 Å². The first-order valence-electron chi connectivity index (χ1n) is 5.12. The molecule has 0 saturated carbocycles. The predicted molar refractivity (Wildman–Crippen MR) is 49.2 cm³/mol. The van der Waals surface area contributed by atoms with Crippen LogP contribution in [0.15, 0.2) is 0 Å². The van der Waals surface area contributed by atoms with E-state index in [4.69, 9.17) is 4.74 Å². The second-order valence-corrected chi connectivity index (χ2v) is 4.29. The fraction of sp³-hybridized carbons (Fsp3) is 1.00. The van der Waals surface area contributed by atoms with E-state index in [1.54, 1.807) is 0 Å². The highest BCUT2D eigenvalue weighted by Gasteiger charge is 2.33. The molecule has 2 rings (SSSR count). The summed E-state index contributed by atoms with van der Waals surface area (Å²) in [4.78, 5) is 2.64. The van der Waals surface area contributed by atoms with E-state index in [0.29, 0.717) is 0 Å². The highest BCUT2D eigenvalue weighted by Crippen LogP contribution is 2.26. The minimum Gasteiger partial charge on any atom is -0.378 e. The summed E-state index contributed by atoms with van der Waals surface area (Å²) < 4.78 is 5.23. The molecular formula is C10H19NO. The first-order valence-corrected chi connectivity index (χ1v) is 5.12. The minimum absolute atomic E-state index is 0.739. The van der Waals surface area contributed by atoms with Gasteiger partial charge in [-0.3, -0.25) is 4.90 Å². The average molecular weight is 169 g/mol. The first-order chi connectivity index (χ1) is 5.79. The molecule has 2 fully saturated rings. The Bertz CT molecular complexity index is 156. The Morgan fingerprint density at radius 1 is 1.25 bits per heavy atom. The van der Waals surface area contributed by atoms with Crippen LogP contribution in [0.4, 0.5) is 0 Å². The Morgan fingerprint density at radius 3 is 2.58 bits per heavy atom. The van der Waals surface area contributed by atoms with Crippen molar-refractivity contribution < 1.29 is 4.74 Å². The number of rotatable bonds is 1. The van der Waals surface area contributed by atoms with E-state index in [2.05, 4.69) is 18.7 Å². The standard InChI is InChI=1S/C10H19NO/c1-8-4-3-5-11(9(8)2)10-6-12-7-10/h8-10H,3-7H2,1-2H3/t8-,9+/m0/s1. The SMILES string of the molecule is C[C@@H]1[C@@H](C)CCCN1C1COC1. The quantitative estimate of drug-likeness (QED) is 0.590. The molecule has 0 N–H and O–H groups in total. The van der Waals surface area contributed by atoms with E-state index in [1.165, 1.54) is 19.4 Å². The zero-order chi connectivity index (χ0) is 8.55. The Labute approximate surface area is 74.9 Å². The summed E-state index contributed by atoms with van der Waals surface area (Å²) in [7, 11) is 0. The van der Waals surface area contributed by atoms with Crippen LogP contribution in [-0.2, 0) is 4.74 Å². The maximum Gasteiger partial charge on any atom is 0.0645 e. The normalized spacial score (nSPS) is 39.5. The van der Waals surface area contributed by atoms with E-state index in [9.17, 15) is 0 Å². The molecule has 12 heavy (non-hydrogen) atoms. The Balaban J connectivity index is 1.93. The Morgan fingerprint density at radius 2 is 2.00 bits per heavy atom. The van der Waals surface area contributed by atoms with E-state index in [-0.39, 0.29) is 0 Å². The second kappa shape index (κ2) is 3.35. The van der Waals surface area contributed by atoms with Crippen LogP contribution in [-0.4, -0.2) is 36.7 Å². The van der Waals surface area contributed by atoms with Gasteiger partial charge in [-0.25, -0.2) is 0 Å². The molecule has 2 heterocycles. The fourth-order valence-corrected chi connectivity index (χ4v) is 2.30. The van der Waals surface area contributed by atoms with Gasteiger partial charge in [-0.05, 0) is 32.2 Å². The molecule has 2 aliphatic rings. The van der Waals surface area contributed by atoms with Gasteiger partial charge in [-0.15, -0.1) is 0 Å². The number of hydrogen-bond donors (Lipinski definition) is 0. The lowest BCUT2D eigenvalue weighted by molar-refractivity contribution is -0.0925. The van der Waals surface area contributed by atoms with Crippen LogP contribution in [0.1, 0.15) is 26.7 Å². The fourth-order valence-electron chi connectivity index (χ4n) is 2.30. The van der Waals surface area contributed by atoms with Crippen molar-refractivity contribution in [2.24, 2.45) is 5.92 Å². The molecule has 70 valence electrons. The van der Waals surface area contributed by atoms with Gasteiger partial charge < -0.3 is 4.74 Å². The molecule has 2 atom stereocenters. The summed E-state index contributed by atoms with van der Waals surface area (Å²) in [6, 6.07) is 1.51. The lowest BCUT2D eigenvalue weighted by Crippen LogP contribution is -2.56. The summed E-state index contributed by atoms with van der Waals surface area (Å²) in [5.74, 6) is 0.874. The molecule has 0 unspecified atom stereocenters. The van der Waals surface area contributed by atoms with Crippen LogP contribution >= 0.6 is 0 Å². The number of likely N-dealkylation sites (tertiary alicyclic amines) is 1. The molecular weight excluding hydrogens is 150 g/mol. The third-order valence-corrected chi connectivity index (χ3v) is 3.51. The van der Waals surface area contributed by atoms with Crippen LogP contribution in [0.25, 0.3) is 0 Å². The molecule has 2 aliphatic heterocycles. The molecule has 0 spiro atoms.